The van der Waals surface area contributed by atoms with Crippen LogP contribution in [-0.4, -0.2) is 62.2 Å². The molecule has 0 saturated carbocycles. The Bertz CT molecular complexity index is 208. The molecule has 0 aromatic heterocycles. The Labute approximate surface area is 120 Å². The summed E-state index contributed by atoms with van der Waals surface area (Å²) in [6, 6.07) is 0.784. The lowest BCUT2D eigenvalue weighted by atomic mass is 10.1. The highest BCUT2D eigenvalue weighted by atomic mass is 15.3. The maximum absolute atomic E-state index is 3.48. The number of nitrogens with zero attached hydrogens (tertiary/aromatic N) is 2. The Morgan fingerprint density at radius 3 is 2.53 bits per heavy atom. The summed E-state index contributed by atoms with van der Waals surface area (Å²) < 4.78 is 0. The SMILES string of the molecule is CCCNCCCCCCN1CCN(C)C(CC)C1. The van der Waals surface area contributed by atoms with Crippen LogP contribution in [0.4, 0.5) is 0 Å². The molecule has 1 fully saturated rings. The average Bonchev–Trinajstić information content (AvgIpc) is 2.43. The molecule has 1 atom stereocenters. The minimum absolute atomic E-state index is 0.784. The van der Waals surface area contributed by atoms with Crippen molar-refractivity contribution in [2.24, 2.45) is 0 Å². The van der Waals surface area contributed by atoms with Crippen LogP contribution >= 0.6 is 0 Å². The molecule has 0 aliphatic carbocycles. The van der Waals surface area contributed by atoms with Gasteiger partial charge in [0.25, 0.3) is 0 Å². The van der Waals surface area contributed by atoms with Crippen LogP contribution in [0.15, 0.2) is 0 Å². The standard InChI is InChI=1S/C16H35N3/c1-4-10-17-11-8-6-7-9-12-19-14-13-18(3)16(5-2)15-19/h16-17H,4-15H2,1-3H3. The molecule has 0 bridgehead atoms. The van der Waals surface area contributed by atoms with Gasteiger partial charge in [-0.15, -0.1) is 0 Å². The van der Waals surface area contributed by atoms with Gasteiger partial charge in [0.1, 0.15) is 0 Å². The molecule has 3 heteroatoms. The number of rotatable bonds is 10. The number of hydrogen-bond donors (Lipinski definition) is 1. The molecular formula is C16H35N3. The minimum Gasteiger partial charge on any atom is -0.317 e. The third-order valence-corrected chi connectivity index (χ3v) is 4.34. The van der Waals surface area contributed by atoms with Crippen molar-refractivity contribution < 1.29 is 0 Å². The molecule has 1 heterocycles. The Hall–Kier alpha value is -0.120. The van der Waals surface area contributed by atoms with Crippen LogP contribution in [-0.2, 0) is 0 Å². The minimum atomic E-state index is 0.784. The van der Waals surface area contributed by atoms with E-state index in [0.29, 0.717) is 0 Å². The van der Waals surface area contributed by atoms with Crippen molar-refractivity contribution >= 4 is 0 Å². The third kappa shape index (κ3) is 7.28. The first kappa shape index (κ1) is 16.9. The number of hydrogen-bond acceptors (Lipinski definition) is 3. The second-order valence-electron chi connectivity index (χ2n) is 6.01. The highest BCUT2D eigenvalue weighted by molar-refractivity contribution is 4.78. The summed E-state index contributed by atoms with van der Waals surface area (Å²) in [7, 11) is 2.27. The van der Waals surface area contributed by atoms with Crippen LogP contribution in [0.25, 0.3) is 0 Å². The van der Waals surface area contributed by atoms with E-state index in [1.807, 2.05) is 0 Å². The zero-order chi connectivity index (χ0) is 13.9. The monoisotopic (exact) mass is 269 g/mol. The van der Waals surface area contributed by atoms with Crippen molar-refractivity contribution in [1.82, 2.24) is 15.1 Å². The highest BCUT2D eigenvalue weighted by Gasteiger charge is 2.21. The van der Waals surface area contributed by atoms with Gasteiger partial charge < -0.3 is 15.1 Å². The zero-order valence-electron chi connectivity index (χ0n) is 13.5. The fourth-order valence-electron chi connectivity index (χ4n) is 2.90. The smallest absolute Gasteiger partial charge is 0.0218 e. The van der Waals surface area contributed by atoms with Crippen LogP contribution in [0.1, 0.15) is 52.4 Å². The fourth-order valence-corrected chi connectivity index (χ4v) is 2.90. The van der Waals surface area contributed by atoms with Crippen molar-refractivity contribution in [3.63, 3.8) is 0 Å². The lowest BCUT2D eigenvalue weighted by Crippen LogP contribution is -2.51. The van der Waals surface area contributed by atoms with E-state index in [0.717, 1.165) is 6.04 Å². The number of likely N-dealkylation sites (N-methyl/N-ethyl adjacent to an activating group) is 1. The fraction of sp³-hybridized carbons (Fsp3) is 1.00. The van der Waals surface area contributed by atoms with Crippen LogP contribution in [0.2, 0.25) is 0 Å². The molecule has 19 heavy (non-hydrogen) atoms. The van der Waals surface area contributed by atoms with Gasteiger partial charge in [0.2, 0.25) is 0 Å². The second kappa shape index (κ2) is 10.6. The van der Waals surface area contributed by atoms with Crippen LogP contribution < -0.4 is 5.32 Å². The van der Waals surface area contributed by atoms with E-state index >= 15 is 0 Å². The average molecular weight is 269 g/mol. The largest absolute Gasteiger partial charge is 0.317 e. The third-order valence-electron chi connectivity index (χ3n) is 4.34. The molecule has 114 valence electrons. The van der Waals surface area contributed by atoms with Gasteiger partial charge in [-0.3, -0.25) is 0 Å². The Morgan fingerprint density at radius 2 is 1.79 bits per heavy atom. The first-order valence-corrected chi connectivity index (χ1v) is 8.41. The molecule has 1 unspecified atom stereocenters. The van der Waals surface area contributed by atoms with Gasteiger partial charge in [-0.05, 0) is 52.4 Å². The van der Waals surface area contributed by atoms with E-state index in [4.69, 9.17) is 0 Å². The maximum Gasteiger partial charge on any atom is 0.0218 e. The van der Waals surface area contributed by atoms with Crippen LogP contribution in [0.5, 0.6) is 0 Å². The van der Waals surface area contributed by atoms with Crippen LogP contribution in [0.3, 0.4) is 0 Å². The Balaban J connectivity index is 1.95. The van der Waals surface area contributed by atoms with Gasteiger partial charge in [-0.1, -0.05) is 26.7 Å². The molecule has 1 N–H and O–H groups in total. The van der Waals surface area contributed by atoms with E-state index in [1.165, 1.54) is 77.8 Å². The highest BCUT2D eigenvalue weighted by Crippen LogP contribution is 2.11. The van der Waals surface area contributed by atoms with Crippen molar-refractivity contribution in [3.8, 4) is 0 Å². The first-order valence-electron chi connectivity index (χ1n) is 8.41. The molecular weight excluding hydrogens is 234 g/mol. The summed E-state index contributed by atoms with van der Waals surface area (Å²) in [5.74, 6) is 0. The van der Waals surface area contributed by atoms with E-state index in [-0.39, 0.29) is 0 Å². The topological polar surface area (TPSA) is 18.5 Å². The summed E-state index contributed by atoms with van der Waals surface area (Å²) in [4.78, 5) is 5.19. The number of piperazine rings is 1. The molecule has 1 aliphatic heterocycles. The van der Waals surface area contributed by atoms with Crippen LogP contribution in [0, 0.1) is 0 Å². The van der Waals surface area contributed by atoms with E-state index in [2.05, 4.69) is 36.0 Å². The van der Waals surface area contributed by atoms with Crippen molar-refractivity contribution in [3.05, 3.63) is 0 Å². The van der Waals surface area contributed by atoms with Gasteiger partial charge in [-0.25, -0.2) is 0 Å². The Morgan fingerprint density at radius 1 is 1.00 bits per heavy atom. The van der Waals surface area contributed by atoms with Gasteiger partial charge >= 0.3 is 0 Å². The molecule has 0 aromatic carbocycles. The molecule has 0 radical (unpaired) electrons. The molecule has 0 aromatic rings. The lowest BCUT2D eigenvalue weighted by Gasteiger charge is -2.39. The van der Waals surface area contributed by atoms with Gasteiger partial charge in [0.15, 0.2) is 0 Å². The molecule has 0 spiro atoms. The van der Waals surface area contributed by atoms with E-state index in [9.17, 15) is 0 Å². The number of nitrogens with one attached hydrogen (secondary N) is 1. The molecule has 1 rings (SSSR count). The summed E-state index contributed by atoms with van der Waals surface area (Å²) >= 11 is 0. The second-order valence-corrected chi connectivity index (χ2v) is 6.01. The molecule has 0 amide bonds. The van der Waals surface area contributed by atoms with Crippen molar-refractivity contribution in [2.75, 3.05) is 46.3 Å². The van der Waals surface area contributed by atoms with Crippen molar-refractivity contribution in [2.45, 2.75) is 58.4 Å². The normalized spacial score (nSPS) is 21.9. The predicted octanol–water partition coefficient (Wildman–Crippen LogP) is 2.57. The summed E-state index contributed by atoms with van der Waals surface area (Å²) in [5.41, 5.74) is 0. The summed E-state index contributed by atoms with van der Waals surface area (Å²) in [5, 5.41) is 3.48. The van der Waals surface area contributed by atoms with Gasteiger partial charge in [0, 0.05) is 25.7 Å². The predicted molar refractivity (Wildman–Crippen MR) is 84.8 cm³/mol. The molecule has 1 saturated heterocycles. The van der Waals surface area contributed by atoms with E-state index < -0.39 is 0 Å². The Kier molecular flexibility index (Phi) is 9.48. The van der Waals surface area contributed by atoms with Crippen molar-refractivity contribution in [1.29, 1.82) is 0 Å². The summed E-state index contributed by atoms with van der Waals surface area (Å²) in [6.07, 6.45) is 8.06. The lowest BCUT2D eigenvalue weighted by molar-refractivity contribution is 0.0919. The summed E-state index contributed by atoms with van der Waals surface area (Å²) in [6.45, 7) is 12.0. The first-order chi connectivity index (χ1) is 9.27. The van der Waals surface area contributed by atoms with Gasteiger partial charge in [0.05, 0.1) is 0 Å². The van der Waals surface area contributed by atoms with E-state index in [1.54, 1.807) is 0 Å². The number of unbranched alkanes of at least 4 members (excludes halogenated alkanes) is 3. The zero-order valence-corrected chi connectivity index (χ0v) is 13.5. The quantitative estimate of drug-likeness (QED) is 0.615. The van der Waals surface area contributed by atoms with Gasteiger partial charge in [-0.2, -0.15) is 0 Å². The molecule has 3 nitrogen and oxygen atoms in total. The molecule has 1 aliphatic rings. The maximum atomic E-state index is 3.48.